The molecule has 9 nitrogen and oxygen atoms in total. The van der Waals surface area contributed by atoms with Gasteiger partial charge in [0, 0.05) is 11.8 Å². The molecule has 0 fully saturated rings. The van der Waals surface area contributed by atoms with Crippen LogP contribution >= 0.6 is 0 Å². The smallest absolute Gasteiger partial charge is 0.225 e. The molecular weight excluding hydrogens is 332 g/mol. The van der Waals surface area contributed by atoms with Gasteiger partial charge >= 0.3 is 0 Å². The molecule has 0 atom stereocenters. The average molecular weight is 348 g/mol. The van der Waals surface area contributed by atoms with Gasteiger partial charge in [-0.3, -0.25) is 4.79 Å². The standard InChI is InChI=1S/C17H16N8O/c1-10-3-4-13(7-11(10)2)25-17(19-15(21-25)9-14(18)26)12-5-6-24-16(8-12)20-22-23-24/h3-8H,9H2,1-2H3,(H2,18,26). The molecule has 26 heavy (non-hydrogen) atoms. The van der Waals surface area contributed by atoms with E-state index in [1.54, 1.807) is 15.4 Å². The van der Waals surface area contributed by atoms with Crippen LogP contribution < -0.4 is 5.73 Å². The number of tetrazole rings is 1. The van der Waals surface area contributed by atoms with Crippen molar-refractivity contribution in [3.63, 3.8) is 0 Å². The van der Waals surface area contributed by atoms with Gasteiger partial charge in [-0.25, -0.2) is 14.2 Å². The van der Waals surface area contributed by atoms with Crippen molar-refractivity contribution in [2.24, 2.45) is 5.73 Å². The van der Waals surface area contributed by atoms with Crippen molar-refractivity contribution in [2.75, 3.05) is 0 Å². The summed E-state index contributed by atoms with van der Waals surface area (Å²) in [6.45, 7) is 4.08. The fourth-order valence-electron chi connectivity index (χ4n) is 2.69. The molecule has 0 aliphatic heterocycles. The lowest BCUT2D eigenvalue weighted by Gasteiger charge is -2.08. The Labute approximate surface area is 148 Å². The molecule has 130 valence electrons. The minimum atomic E-state index is -0.481. The van der Waals surface area contributed by atoms with E-state index in [0.29, 0.717) is 17.3 Å². The van der Waals surface area contributed by atoms with E-state index >= 15 is 0 Å². The van der Waals surface area contributed by atoms with Gasteiger partial charge in [0.15, 0.2) is 17.3 Å². The fraction of sp³-hybridized carbons (Fsp3) is 0.176. The third-order valence-electron chi connectivity index (χ3n) is 4.17. The Morgan fingerprint density at radius 3 is 2.77 bits per heavy atom. The van der Waals surface area contributed by atoms with Gasteiger partial charge in [0.2, 0.25) is 5.91 Å². The van der Waals surface area contributed by atoms with E-state index in [-0.39, 0.29) is 6.42 Å². The molecule has 0 unspecified atom stereocenters. The number of nitrogens with two attached hydrogens (primary N) is 1. The number of primary amides is 1. The lowest BCUT2D eigenvalue weighted by molar-refractivity contribution is -0.117. The average Bonchev–Trinajstić information content (AvgIpc) is 3.22. The van der Waals surface area contributed by atoms with Crippen molar-refractivity contribution in [2.45, 2.75) is 20.3 Å². The zero-order valence-corrected chi connectivity index (χ0v) is 14.3. The topological polar surface area (TPSA) is 117 Å². The first-order valence-corrected chi connectivity index (χ1v) is 8.01. The normalized spacial score (nSPS) is 11.2. The number of carbonyl (C=O) groups is 1. The first kappa shape index (κ1) is 15.9. The number of amides is 1. The van der Waals surface area contributed by atoms with Crippen molar-refractivity contribution in [1.29, 1.82) is 0 Å². The summed E-state index contributed by atoms with van der Waals surface area (Å²) < 4.78 is 3.27. The van der Waals surface area contributed by atoms with Gasteiger partial charge in [0.05, 0.1) is 12.1 Å². The number of rotatable bonds is 4. The molecule has 4 aromatic rings. The Morgan fingerprint density at radius 2 is 2.00 bits per heavy atom. The maximum Gasteiger partial charge on any atom is 0.225 e. The van der Waals surface area contributed by atoms with Gasteiger partial charge in [-0.15, -0.1) is 5.10 Å². The van der Waals surface area contributed by atoms with Crippen LogP contribution in [0.4, 0.5) is 0 Å². The molecule has 3 heterocycles. The maximum atomic E-state index is 11.3. The van der Waals surface area contributed by atoms with Crippen LogP contribution in [0.1, 0.15) is 17.0 Å². The summed E-state index contributed by atoms with van der Waals surface area (Å²) in [5, 5.41) is 15.9. The van der Waals surface area contributed by atoms with Gasteiger partial charge in [0.25, 0.3) is 0 Å². The first-order chi connectivity index (χ1) is 12.5. The summed E-state index contributed by atoms with van der Waals surface area (Å²) in [5.74, 6) is 0.478. The number of aromatic nitrogens is 7. The second kappa shape index (κ2) is 6.03. The van der Waals surface area contributed by atoms with Gasteiger partial charge in [-0.2, -0.15) is 5.10 Å². The number of hydrogen-bond acceptors (Lipinski definition) is 6. The number of fused-ring (bicyclic) bond motifs is 1. The van der Waals surface area contributed by atoms with Crippen LogP contribution in [0.5, 0.6) is 0 Å². The molecule has 3 aromatic heterocycles. The predicted molar refractivity (Wildman–Crippen MR) is 93.5 cm³/mol. The van der Waals surface area contributed by atoms with Crippen LogP contribution in [-0.4, -0.2) is 40.7 Å². The van der Waals surface area contributed by atoms with E-state index in [4.69, 9.17) is 5.73 Å². The number of benzene rings is 1. The van der Waals surface area contributed by atoms with Crippen LogP contribution in [0.25, 0.3) is 22.7 Å². The second-order valence-electron chi connectivity index (χ2n) is 6.07. The zero-order chi connectivity index (χ0) is 18.3. The Kier molecular flexibility index (Phi) is 3.68. The highest BCUT2D eigenvalue weighted by Crippen LogP contribution is 2.23. The third-order valence-corrected chi connectivity index (χ3v) is 4.17. The zero-order valence-electron chi connectivity index (χ0n) is 14.3. The number of carbonyl (C=O) groups excluding carboxylic acids is 1. The molecule has 4 rings (SSSR count). The van der Waals surface area contributed by atoms with Gasteiger partial charge in [-0.1, -0.05) is 6.07 Å². The van der Waals surface area contributed by atoms with Crippen molar-refractivity contribution in [3.05, 3.63) is 53.5 Å². The lowest BCUT2D eigenvalue weighted by atomic mass is 10.1. The largest absolute Gasteiger partial charge is 0.369 e. The quantitative estimate of drug-likeness (QED) is 0.588. The molecule has 0 aliphatic rings. The highest BCUT2D eigenvalue weighted by atomic mass is 16.1. The highest BCUT2D eigenvalue weighted by molar-refractivity contribution is 5.76. The Hall–Kier alpha value is -3.62. The Balaban J connectivity index is 1.89. The van der Waals surface area contributed by atoms with Crippen LogP contribution in [-0.2, 0) is 11.2 Å². The number of pyridine rings is 1. The van der Waals surface area contributed by atoms with E-state index < -0.39 is 5.91 Å². The summed E-state index contributed by atoms with van der Waals surface area (Å²) in [7, 11) is 0. The SMILES string of the molecule is Cc1ccc(-n2nc(CC(N)=O)nc2-c2ccn3nnnc3c2)cc1C. The predicted octanol–water partition coefficient (Wildman–Crippen LogP) is 1.02. The molecule has 0 bridgehead atoms. The van der Waals surface area contributed by atoms with E-state index in [1.165, 1.54) is 5.56 Å². The Bertz CT molecular complexity index is 1130. The summed E-state index contributed by atoms with van der Waals surface area (Å²) >= 11 is 0. The van der Waals surface area contributed by atoms with Crippen LogP contribution in [0.3, 0.4) is 0 Å². The van der Waals surface area contributed by atoms with E-state index in [0.717, 1.165) is 16.8 Å². The molecule has 0 radical (unpaired) electrons. The molecule has 2 N–H and O–H groups in total. The molecule has 0 aliphatic carbocycles. The minimum absolute atomic E-state index is 0.0282. The summed E-state index contributed by atoms with van der Waals surface area (Å²) in [6, 6.07) is 9.68. The highest BCUT2D eigenvalue weighted by Gasteiger charge is 2.16. The van der Waals surface area contributed by atoms with E-state index in [1.807, 2.05) is 44.2 Å². The number of aryl methyl sites for hydroxylation is 2. The maximum absolute atomic E-state index is 11.3. The summed E-state index contributed by atoms with van der Waals surface area (Å²) in [5.41, 5.74) is 9.86. The summed E-state index contributed by atoms with van der Waals surface area (Å²) in [6.07, 6.45) is 1.72. The first-order valence-electron chi connectivity index (χ1n) is 8.01. The lowest BCUT2D eigenvalue weighted by Crippen LogP contribution is -2.14. The van der Waals surface area contributed by atoms with Crippen molar-refractivity contribution in [1.82, 2.24) is 34.8 Å². The number of nitrogens with zero attached hydrogens (tertiary/aromatic N) is 7. The Morgan fingerprint density at radius 1 is 1.15 bits per heavy atom. The molecule has 1 amide bonds. The molecular formula is C17H16N8O. The fourth-order valence-corrected chi connectivity index (χ4v) is 2.69. The molecule has 1 aromatic carbocycles. The summed E-state index contributed by atoms with van der Waals surface area (Å²) in [4.78, 5) is 15.8. The number of hydrogen-bond donors (Lipinski definition) is 1. The van der Waals surface area contributed by atoms with Crippen LogP contribution in [0.15, 0.2) is 36.5 Å². The second-order valence-corrected chi connectivity index (χ2v) is 6.07. The third kappa shape index (κ3) is 2.79. The molecule has 9 heteroatoms. The van der Waals surface area contributed by atoms with Crippen molar-refractivity contribution in [3.8, 4) is 17.1 Å². The van der Waals surface area contributed by atoms with E-state index in [9.17, 15) is 4.79 Å². The van der Waals surface area contributed by atoms with Gasteiger partial charge in [-0.05, 0) is 59.7 Å². The van der Waals surface area contributed by atoms with Gasteiger partial charge in [0.1, 0.15) is 0 Å². The van der Waals surface area contributed by atoms with E-state index in [2.05, 4.69) is 25.6 Å². The molecule has 0 saturated carbocycles. The van der Waals surface area contributed by atoms with Gasteiger partial charge < -0.3 is 5.73 Å². The van der Waals surface area contributed by atoms with Crippen LogP contribution in [0, 0.1) is 13.8 Å². The van der Waals surface area contributed by atoms with Crippen molar-refractivity contribution < 1.29 is 4.79 Å². The van der Waals surface area contributed by atoms with Crippen LogP contribution in [0.2, 0.25) is 0 Å². The molecule has 0 saturated heterocycles. The van der Waals surface area contributed by atoms with Crippen molar-refractivity contribution >= 4 is 11.6 Å². The minimum Gasteiger partial charge on any atom is -0.369 e. The molecule has 0 spiro atoms. The monoisotopic (exact) mass is 348 g/mol.